The second-order valence-corrected chi connectivity index (χ2v) is 10.8. The van der Waals surface area contributed by atoms with Crippen LogP contribution in [-0.2, 0) is 11.8 Å². The van der Waals surface area contributed by atoms with Crippen LogP contribution in [0.15, 0.2) is 36.4 Å². The average molecular weight is 413 g/mol. The number of benzene rings is 3. The smallest absolute Gasteiger partial charge is 0.153 e. The van der Waals surface area contributed by atoms with Crippen molar-refractivity contribution in [3.05, 3.63) is 58.7 Å². The summed E-state index contributed by atoms with van der Waals surface area (Å²) in [6.45, 7) is 10.1. The highest BCUT2D eigenvalue weighted by molar-refractivity contribution is 6.10. The van der Waals surface area contributed by atoms with E-state index in [4.69, 9.17) is 4.74 Å². The van der Waals surface area contributed by atoms with E-state index in [-0.39, 0.29) is 22.0 Å². The lowest BCUT2D eigenvalue weighted by Gasteiger charge is -2.49. The number of carbonyl (C=O) groups excluding carboxylic acids is 1. The fourth-order valence-electron chi connectivity index (χ4n) is 7.53. The molecule has 1 aliphatic heterocycles. The molecule has 0 aromatic heterocycles. The number of rotatable bonds is 1. The Labute approximate surface area is 183 Å². The predicted molar refractivity (Wildman–Crippen MR) is 123 cm³/mol. The number of fused-ring (bicyclic) bond motifs is 9. The van der Waals surface area contributed by atoms with Gasteiger partial charge < -0.3 is 9.84 Å². The van der Waals surface area contributed by atoms with E-state index in [9.17, 15) is 9.90 Å². The van der Waals surface area contributed by atoms with Gasteiger partial charge in [-0.05, 0) is 58.1 Å². The van der Waals surface area contributed by atoms with Crippen LogP contribution in [0.5, 0.6) is 11.5 Å². The van der Waals surface area contributed by atoms with Crippen LogP contribution >= 0.6 is 0 Å². The van der Waals surface area contributed by atoms with E-state index >= 15 is 0 Å². The molecule has 3 heteroatoms. The van der Waals surface area contributed by atoms with Gasteiger partial charge in [-0.15, -0.1) is 0 Å². The Hall–Kier alpha value is -2.81. The van der Waals surface area contributed by atoms with Gasteiger partial charge in [0.25, 0.3) is 0 Å². The molecule has 0 radical (unpaired) electrons. The molecule has 1 N–H and O–H groups in total. The Morgan fingerprint density at radius 1 is 1.00 bits per heavy atom. The zero-order chi connectivity index (χ0) is 21.8. The van der Waals surface area contributed by atoms with Gasteiger partial charge in [-0.25, -0.2) is 0 Å². The summed E-state index contributed by atoms with van der Waals surface area (Å²) in [5.41, 5.74) is 6.58. The van der Waals surface area contributed by atoms with E-state index in [1.165, 1.54) is 22.3 Å². The number of phenolic OH excluding ortho intramolecular Hbond substituents is 1. The van der Waals surface area contributed by atoms with Crippen molar-refractivity contribution in [3.63, 3.8) is 0 Å². The molecule has 158 valence electrons. The van der Waals surface area contributed by atoms with Crippen LogP contribution in [0.3, 0.4) is 0 Å². The van der Waals surface area contributed by atoms with Gasteiger partial charge in [0, 0.05) is 28.2 Å². The summed E-state index contributed by atoms with van der Waals surface area (Å²) in [6, 6.07) is 12.6. The quantitative estimate of drug-likeness (QED) is 0.470. The van der Waals surface area contributed by atoms with E-state index in [1.54, 1.807) is 6.07 Å². The lowest BCUT2D eigenvalue weighted by atomic mass is 9.54. The van der Waals surface area contributed by atoms with E-state index < -0.39 is 0 Å². The van der Waals surface area contributed by atoms with Gasteiger partial charge in [-0.1, -0.05) is 52.0 Å². The summed E-state index contributed by atoms with van der Waals surface area (Å²) >= 11 is 0. The molecular formula is C28H28O3. The first kappa shape index (κ1) is 18.9. The SMILES string of the molecule is CC1(C)CCC(C)(C)C12c1ccccc1-c1c2cc(O)c2cc(C=O)c3c(c12)CCO3. The minimum Gasteiger partial charge on any atom is -0.507 e. The van der Waals surface area contributed by atoms with Crippen LogP contribution < -0.4 is 4.74 Å². The van der Waals surface area contributed by atoms with Gasteiger partial charge in [0.2, 0.25) is 0 Å². The van der Waals surface area contributed by atoms with Gasteiger partial charge in [0.1, 0.15) is 11.5 Å². The summed E-state index contributed by atoms with van der Waals surface area (Å²) in [6.07, 6.45) is 3.87. The molecule has 31 heavy (non-hydrogen) atoms. The number of aldehydes is 1. The number of hydrogen-bond donors (Lipinski definition) is 1. The van der Waals surface area contributed by atoms with Gasteiger partial charge in [0.15, 0.2) is 6.29 Å². The largest absolute Gasteiger partial charge is 0.507 e. The number of phenols is 1. The lowest BCUT2D eigenvalue weighted by Crippen LogP contribution is -2.46. The maximum absolute atomic E-state index is 11.8. The minimum absolute atomic E-state index is 0.0420. The first-order valence-electron chi connectivity index (χ1n) is 11.3. The first-order chi connectivity index (χ1) is 14.7. The van der Waals surface area contributed by atoms with Crippen molar-refractivity contribution in [2.45, 2.75) is 52.4 Å². The highest BCUT2D eigenvalue weighted by atomic mass is 16.5. The van der Waals surface area contributed by atoms with Crippen molar-refractivity contribution in [2.75, 3.05) is 6.61 Å². The fraction of sp³-hybridized carbons (Fsp3) is 0.393. The van der Waals surface area contributed by atoms with Crippen LogP contribution in [-0.4, -0.2) is 18.0 Å². The predicted octanol–water partition coefficient (Wildman–Crippen LogP) is 6.41. The summed E-state index contributed by atoms with van der Waals surface area (Å²) in [4.78, 5) is 11.8. The zero-order valence-electron chi connectivity index (χ0n) is 18.6. The molecule has 0 amide bonds. The van der Waals surface area contributed by atoms with Gasteiger partial charge in [0.05, 0.1) is 12.2 Å². The molecule has 2 aliphatic carbocycles. The molecular weight excluding hydrogens is 384 g/mol. The van der Waals surface area contributed by atoms with Crippen LogP contribution in [0.2, 0.25) is 0 Å². The van der Waals surface area contributed by atoms with Crippen molar-refractivity contribution < 1.29 is 14.6 Å². The van der Waals surface area contributed by atoms with E-state index in [0.29, 0.717) is 17.9 Å². The molecule has 3 aliphatic rings. The number of hydrogen-bond acceptors (Lipinski definition) is 3. The highest BCUT2D eigenvalue weighted by Crippen LogP contribution is 2.72. The van der Waals surface area contributed by atoms with E-state index in [1.807, 2.05) is 6.07 Å². The molecule has 0 bridgehead atoms. The molecule has 1 saturated carbocycles. The number of aromatic hydroxyl groups is 1. The topological polar surface area (TPSA) is 46.5 Å². The van der Waals surface area contributed by atoms with Crippen molar-refractivity contribution in [1.82, 2.24) is 0 Å². The first-order valence-corrected chi connectivity index (χ1v) is 11.3. The third-order valence-electron chi connectivity index (χ3n) is 8.62. The molecule has 3 aromatic rings. The molecule has 1 fully saturated rings. The van der Waals surface area contributed by atoms with Gasteiger partial charge >= 0.3 is 0 Å². The van der Waals surface area contributed by atoms with Crippen LogP contribution in [0.4, 0.5) is 0 Å². The third-order valence-corrected chi connectivity index (χ3v) is 8.62. The summed E-state index contributed by atoms with van der Waals surface area (Å²) in [7, 11) is 0. The van der Waals surface area contributed by atoms with Gasteiger partial charge in [-0.2, -0.15) is 0 Å². The Bertz CT molecular complexity index is 1280. The maximum atomic E-state index is 11.8. The molecule has 3 nitrogen and oxygen atoms in total. The Morgan fingerprint density at radius 3 is 2.42 bits per heavy atom. The van der Waals surface area contributed by atoms with Crippen LogP contribution in [0, 0.1) is 10.8 Å². The van der Waals surface area contributed by atoms with Crippen molar-refractivity contribution in [2.24, 2.45) is 10.8 Å². The van der Waals surface area contributed by atoms with Crippen LogP contribution in [0.25, 0.3) is 21.9 Å². The number of ether oxygens (including phenoxy) is 1. The highest BCUT2D eigenvalue weighted by Gasteiger charge is 2.64. The van der Waals surface area contributed by atoms with Crippen molar-refractivity contribution in [1.29, 1.82) is 0 Å². The second kappa shape index (κ2) is 5.70. The third kappa shape index (κ3) is 1.99. The minimum atomic E-state index is -0.187. The Morgan fingerprint density at radius 2 is 1.71 bits per heavy atom. The summed E-state index contributed by atoms with van der Waals surface area (Å²) < 4.78 is 5.90. The zero-order valence-corrected chi connectivity index (χ0v) is 18.6. The fourth-order valence-corrected chi connectivity index (χ4v) is 7.53. The van der Waals surface area contributed by atoms with Crippen molar-refractivity contribution in [3.8, 4) is 22.6 Å². The molecule has 3 aromatic carbocycles. The Balaban J connectivity index is 1.87. The summed E-state index contributed by atoms with van der Waals surface area (Å²) in [5.74, 6) is 0.955. The second-order valence-electron chi connectivity index (χ2n) is 10.8. The molecule has 0 atom stereocenters. The van der Waals surface area contributed by atoms with Crippen LogP contribution in [0.1, 0.15) is 67.6 Å². The van der Waals surface area contributed by atoms with E-state index in [0.717, 1.165) is 41.9 Å². The molecule has 0 saturated heterocycles. The lowest BCUT2D eigenvalue weighted by molar-refractivity contribution is 0.112. The summed E-state index contributed by atoms with van der Waals surface area (Å²) in [5, 5.41) is 13.1. The van der Waals surface area contributed by atoms with Gasteiger partial charge in [-0.3, -0.25) is 4.79 Å². The molecule has 1 spiro atoms. The number of carbonyl (C=O) groups is 1. The Kier molecular flexibility index (Phi) is 3.48. The standard InChI is InChI=1S/C28H28O3/c1-26(2)10-11-27(3,4)28(26)20-8-6-5-7-17(20)24-21(28)14-22(30)19-13-16(15-29)25-18(23(19)24)9-12-31-25/h5-8,13-15,30H,9-12H2,1-4H3. The maximum Gasteiger partial charge on any atom is 0.153 e. The normalized spacial score (nSPS) is 21.0. The van der Waals surface area contributed by atoms with E-state index in [2.05, 4.69) is 52.0 Å². The molecule has 6 rings (SSSR count). The average Bonchev–Trinajstić information content (AvgIpc) is 3.38. The molecule has 1 heterocycles. The van der Waals surface area contributed by atoms with Crippen molar-refractivity contribution >= 4 is 17.1 Å². The monoisotopic (exact) mass is 412 g/mol. The molecule has 0 unspecified atom stereocenters.